The molecule has 3 aromatic carbocycles. The topological polar surface area (TPSA) is 49.4 Å². The van der Waals surface area contributed by atoms with Gasteiger partial charge in [-0.3, -0.25) is 14.5 Å². The lowest BCUT2D eigenvalue weighted by Gasteiger charge is -2.27. The molecule has 0 spiro atoms. The smallest absolute Gasteiger partial charge is 0.255 e. The quantitative estimate of drug-likeness (QED) is 0.568. The second kappa shape index (κ2) is 8.76. The van der Waals surface area contributed by atoms with Crippen LogP contribution in [0, 0.1) is 0 Å². The van der Waals surface area contributed by atoms with Crippen molar-refractivity contribution in [1.29, 1.82) is 0 Å². The van der Waals surface area contributed by atoms with Crippen LogP contribution >= 0.6 is 11.8 Å². The average molecular weight is 417 g/mol. The highest BCUT2D eigenvalue weighted by Crippen LogP contribution is 2.44. The van der Waals surface area contributed by atoms with E-state index in [-0.39, 0.29) is 17.2 Å². The van der Waals surface area contributed by atoms with Gasteiger partial charge in [-0.05, 0) is 47.4 Å². The molecular formula is C25H24N2O2S. The van der Waals surface area contributed by atoms with E-state index in [9.17, 15) is 9.59 Å². The Balaban J connectivity index is 1.56. The van der Waals surface area contributed by atoms with E-state index in [0.29, 0.717) is 17.2 Å². The van der Waals surface area contributed by atoms with Crippen molar-refractivity contribution in [3.8, 4) is 0 Å². The van der Waals surface area contributed by atoms with Crippen LogP contribution in [-0.2, 0) is 4.79 Å². The van der Waals surface area contributed by atoms with E-state index in [1.54, 1.807) is 23.9 Å². The lowest BCUT2D eigenvalue weighted by Crippen LogP contribution is -2.29. The van der Waals surface area contributed by atoms with Crippen LogP contribution in [0.4, 0.5) is 11.4 Å². The number of benzene rings is 3. The molecule has 0 bridgehead atoms. The second-order valence-electron chi connectivity index (χ2n) is 7.58. The van der Waals surface area contributed by atoms with Gasteiger partial charge in [-0.25, -0.2) is 0 Å². The van der Waals surface area contributed by atoms with Gasteiger partial charge in [-0.1, -0.05) is 62.4 Å². The molecule has 0 aliphatic carbocycles. The molecule has 2 amide bonds. The third kappa shape index (κ3) is 4.12. The van der Waals surface area contributed by atoms with Crippen molar-refractivity contribution in [2.24, 2.45) is 0 Å². The number of hydrogen-bond donors (Lipinski definition) is 1. The molecule has 1 aliphatic rings. The van der Waals surface area contributed by atoms with E-state index < -0.39 is 0 Å². The zero-order chi connectivity index (χ0) is 21.1. The Morgan fingerprint density at radius 3 is 2.33 bits per heavy atom. The predicted octanol–water partition coefficient (Wildman–Crippen LogP) is 5.84. The van der Waals surface area contributed by atoms with Gasteiger partial charge in [0.15, 0.2) is 0 Å². The zero-order valence-corrected chi connectivity index (χ0v) is 17.9. The van der Waals surface area contributed by atoms with Gasteiger partial charge in [-0.2, -0.15) is 0 Å². The molecule has 5 heteroatoms. The summed E-state index contributed by atoms with van der Waals surface area (Å²) >= 11 is 1.63. The molecule has 0 unspecified atom stereocenters. The highest BCUT2D eigenvalue weighted by atomic mass is 32.2. The van der Waals surface area contributed by atoms with Gasteiger partial charge in [0.1, 0.15) is 5.37 Å². The summed E-state index contributed by atoms with van der Waals surface area (Å²) in [5.41, 5.74) is 4.55. The maximum absolute atomic E-state index is 12.8. The number of carbonyl (C=O) groups is 2. The van der Waals surface area contributed by atoms with Crippen molar-refractivity contribution in [3.63, 3.8) is 0 Å². The first kappa shape index (κ1) is 20.2. The third-order valence-electron chi connectivity index (χ3n) is 5.18. The molecule has 0 saturated carbocycles. The molecule has 0 radical (unpaired) electrons. The number of nitrogens with zero attached hydrogens (tertiary/aromatic N) is 1. The first-order valence-corrected chi connectivity index (χ1v) is 11.1. The number of rotatable bonds is 5. The Kier molecular flexibility index (Phi) is 5.91. The van der Waals surface area contributed by atoms with Gasteiger partial charge in [0.25, 0.3) is 5.91 Å². The van der Waals surface area contributed by atoms with Gasteiger partial charge >= 0.3 is 0 Å². The monoisotopic (exact) mass is 416 g/mol. The fraction of sp³-hybridized carbons (Fsp3) is 0.200. The molecule has 0 aromatic heterocycles. The Bertz CT molecular complexity index is 1050. The lowest BCUT2D eigenvalue weighted by atomic mass is 10.00. The largest absolute Gasteiger partial charge is 0.322 e. The predicted molar refractivity (Wildman–Crippen MR) is 124 cm³/mol. The molecule has 4 nitrogen and oxygen atoms in total. The molecule has 152 valence electrons. The third-order valence-corrected chi connectivity index (χ3v) is 6.39. The van der Waals surface area contributed by atoms with E-state index in [4.69, 9.17) is 0 Å². The van der Waals surface area contributed by atoms with Crippen LogP contribution < -0.4 is 10.2 Å². The maximum Gasteiger partial charge on any atom is 0.255 e. The van der Waals surface area contributed by atoms with Crippen molar-refractivity contribution in [3.05, 3.63) is 95.6 Å². The summed E-state index contributed by atoms with van der Waals surface area (Å²) in [4.78, 5) is 27.0. The van der Waals surface area contributed by atoms with E-state index in [0.717, 1.165) is 16.9 Å². The molecule has 1 heterocycles. The fourth-order valence-electron chi connectivity index (χ4n) is 3.65. The minimum Gasteiger partial charge on any atom is -0.322 e. The van der Waals surface area contributed by atoms with Crippen LogP contribution in [0.25, 0.3) is 0 Å². The van der Waals surface area contributed by atoms with Crippen LogP contribution in [0.2, 0.25) is 0 Å². The maximum atomic E-state index is 12.8. The number of para-hydroxylation sites is 1. The van der Waals surface area contributed by atoms with Crippen molar-refractivity contribution < 1.29 is 9.59 Å². The van der Waals surface area contributed by atoms with E-state index >= 15 is 0 Å². The van der Waals surface area contributed by atoms with Crippen molar-refractivity contribution >= 4 is 35.0 Å². The molecule has 3 aromatic rings. The summed E-state index contributed by atoms with van der Waals surface area (Å²) in [7, 11) is 0. The number of hydrogen-bond acceptors (Lipinski definition) is 3. The van der Waals surface area contributed by atoms with Gasteiger partial charge in [-0.15, -0.1) is 11.8 Å². The van der Waals surface area contributed by atoms with Gasteiger partial charge < -0.3 is 5.32 Å². The summed E-state index contributed by atoms with van der Waals surface area (Å²) in [6.07, 6.45) is 0. The van der Waals surface area contributed by atoms with Crippen LogP contribution in [0.1, 0.15) is 46.6 Å². The fourth-order valence-corrected chi connectivity index (χ4v) is 4.82. The number of carbonyl (C=O) groups excluding carboxylic acids is 2. The van der Waals surface area contributed by atoms with Crippen LogP contribution in [0.15, 0.2) is 78.9 Å². The van der Waals surface area contributed by atoms with E-state index in [2.05, 4.69) is 25.2 Å². The van der Waals surface area contributed by atoms with Gasteiger partial charge in [0.2, 0.25) is 5.91 Å². The highest BCUT2D eigenvalue weighted by molar-refractivity contribution is 8.00. The first-order valence-electron chi connectivity index (χ1n) is 10.0. The van der Waals surface area contributed by atoms with Crippen molar-refractivity contribution in [1.82, 2.24) is 0 Å². The van der Waals surface area contributed by atoms with Crippen LogP contribution in [-0.4, -0.2) is 17.6 Å². The van der Waals surface area contributed by atoms with Gasteiger partial charge in [0, 0.05) is 16.9 Å². The number of amides is 2. The molecule has 4 rings (SSSR count). The second-order valence-corrected chi connectivity index (χ2v) is 8.65. The SMILES string of the molecule is CC(C)c1ccccc1N1C(=O)CS[C@H]1c1ccc(NC(=O)c2ccccc2)cc1. The Hall–Kier alpha value is -3.05. The summed E-state index contributed by atoms with van der Waals surface area (Å²) in [5, 5.41) is 2.85. The van der Waals surface area contributed by atoms with E-state index in [1.807, 2.05) is 65.6 Å². The molecule has 1 atom stereocenters. The summed E-state index contributed by atoms with van der Waals surface area (Å²) in [6.45, 7) is 4.29. The van der Waals surface area contributed by atoms with Crippen LogP contribution in [0.5, 0.6) is 0 Å². The first-order chi connectivity index (χ1) is 14.5. The molecule has 1 N–H and O–H groups in total. The lowest BCUT2D eigenvalue weighted by molar-refractivity contribution is -0.115. The normalized spacial score (nSPS) is 16.2. The minimum absolute atomic E-state index is 0.0729. The molecular weight excluding hydrogens is 392 g/mol. The summed E-state index contributed by atoms with van der Waals surface area (Å²) in [5.74, 6) is 0.778. The molecule has 30 heavy (non-hydrogen) atoms. The number of nitrogens with one attached hydrogen (secondary N) is 1. The number of thioether (sulfide) groups is 1. The van der Waals surface area contributed by atoms with Crippen molar-refractivity contribution in [2.45, 2.75) is 25.1 Å². The molecule has 1 fully saturated rings. The summed E-state index contributed by atoms with van der Waals surface area (Å²) < 4.78 is 0. The number of anilines is 2. The van der Waals surface area contributed by atoms with Gasteiger partial charge in [0.05, 0.1) is 5.75 Å². The standard InChI is InChI=1S/C25H24N2O2S/c1-17(2)21-10-6-7-11-22(21)27-23(28)16-30-25(27)19-12-14-20(15-13-19)26-24(29)18-8-4-3-5-9-18/h3-15,17,25H,16H2,1-2H3,(H,26,29)/t25-/m0/s1. The van der Waals surface area contributed by atoms with E-state index in [1.165, 1.54) is 5.56 Å². The average Bonchev–Trinajstić information content (AvgIpc) is 3.16. The highest BCUT2D eigenvalue weighted by Gasteiger charge is 2.35. The van der Waals surface area contributed by atoms with Crippen molar-refractivity contribution in [2.75, 3.05) is 16.0 Å². The Labute approximate surface area is 181 Å². The molecule has 1 saturated heterocycles. The summed E-state index contributed by atoms with van der Waals surface area (Å²) in [6, 6.07) is 25.0. The Morgan fingerprint density at radius 2 is 1.63 bits per heavy atom. The van der Waals surface area contributed by atoms with Crippen LogP contribution in [0.3, 0.4) is 0 Å². The Morgan fingerprint density at radius 1 is 0.967 bits per heavy atom. The molecule has 1 aliphatic heterocycles. The zero-order valence-electron chi connectivity index (χ0n) is 17.0. The minimum atomic E-state index is -0.138.